The molecule has 2 fully saturated rings. The normalized spacial score (nSPS) is 19.9. The van der Waals surface area contributed by atoms with Crippen LogP contribution < -0.4 is 0 Å². The van der Waals surface area contributed by atoms with Crippen molar-refractivity contribution in [3.8, 4) is 10.6 Å². The fourth-order valence-corrected chi connectivity index (χ4v) is 5.99. The number of amides is 1. The van der Waals surface area contributed by atoms with Gasteiger partial charge >= 0.3 is 0 Å². The third kappa shape index (κ3) is 4.26. The lowest BCUT2D eigenvalue weighted by molar-refractivity contribution is 0.0687. The van der Waals surface area contributed by atoms with E-state index in [4.69, 9.17) is 0 Å². The highest BCUT2D eigenvalue weighted by Gasteiger charge is 2.35. The lowest BCUT2D eigenvalue weighted by Gasteiger charge is -2.38. The SMILES string of the molecule is CN1CCN(S(=O)(=O)N2CCN(C(=O)c3csc(-c4ccccc4F)n3)CC2)CC1. The Morgan fingerprint density at radius 2 is 1.60 bits per heavy atom. The van der Waals surface area contributed by atoms with Crippen LogP contribution in [0.3, 0.4) is 0 Å². The number of hydrogen-bond acceptors (Lipinski definition) is 6. The van der Waals surface area contributed by atoms with Crippen LogP contribution in [0.1, 0.15) is 10.5 Å². The predicted molar refractivity (Wildman–Crippen MR) is 113 cm³/mol. The molecule has 2 aromatic rings. The summed E-state index contributed by atoms with van der Waals surface area (Å²) in [5.74, 6) is -0.640. The molecule has 3 heterocycles. The van der Waals surface area contributed by atoms with E-state index in [2.05, 4.69) is 9.88 Å². The second-order valence-corrected chi connectivity index (χ2v) is 10.2. The minimum atomic E-state index is -3.51. The lowest BCUT2D eigenvalue weighted by Crippen LogP contribution is -2.57. The summed E-state index contributed by atoms with van der Waals surface area (Å²) in [4.78, 5) is 20.8. The molecule has 0 atom stereocenters. The van der Waals surface area contributed by atoms with Crippen molar-refractivity contribution in [2.45, 2.75) is 0 Å². The number of halogens is 1. The van der Waals surface area contributed by atoms with Gasteiger partial charge in [0.25, 0.3) is 16.1 Å². The highest BCUT2D eigenvalue weighted by molar-refractivity contribution is 7.86. The van der Waals surface area contributed by atoms with E-state index in [1.807, 2.05) is 7.05 Å². The molecule has 8 nitrogen and oxygen atoms in total. The number of carbonyl (C=O) groups excluding carboxylic acids is 1. The van der Waals surface area contributed by atoms with Gasteiger partial charge < -0.3 is 9.80 Å². The average Bonchev–Trinajstić information content (AvgIpc) is 3.24. The predicted octanol–water partition coefficient (Wildman–Crippen LogP) is 1.20. The Bertz CT molecular complexity index is 1010. The highest BCUT2D eigenvalue weighted by atomic mass is 32.2. The highest BCUT2D eigenvalue weighted by Crippen LogP contribution is 2.27. The number of nitrogens with zero attached hydrogens (tertiary/aromatic N) is 5. The molecule has 2 aliphatic heterocycles. The van der Waals surface area contributed by atoms with Gasteiger partial charge in [0.05, 0.1) is 0 Å². The molecule has 1 amide bonds. The minimum absolute atomic E-state index is 0.255. The molecule has 0 spiro atoms. The summed E-state index contributed by atoms with van der Waals surface area (Å²) in [6.45, 7) is 3.51. The number of likely N-dealkylation sites (N-methyl/N-ethyl adjacent to an activating group) is 1. The maximum atomic E-state index is 14.0. The van der Waals surface area contributed by atoms with Crippen molar-refractivity contribution in [1.29, 1.82) is 0 Å². The molecule has 30 heavy (non-hydrogen) atoms. The molecule has 0 bridgehead atoms. The van der Waals surface area contributed by atoms with E-state index in [0.717, 1.165) is 0 Å². The summed E-state index contributed by atoms with van der Waals surface area (Å²) in [5.41, 5.74) is 0.623. The number of hydrogen-bond donors (Lipinski definition) is 0. The standard InChI is InChI=1S/C19H24FN5O3S2/c1-22-6-10-24(11-7-22)30(27,28)25-12-8-23(9-13-25)19(26)17-14-29-18(21-17)15-4-2-3-5-16(15)20/h2-5,14H,6-13H2,1H3. The summed E-state index contributed by atoms with van der Waals surface area (Å²) >= 11 is 1.22. The van der Waals surface area contributed by atoms with Crippen molar-refractivity contribution >= 4 is 27.5 Å². The van der Waals surface area contributed by atoms with E-state index in [9.17, 15) is 17.6 Å². The van der Waals surface area contributed by atoms with Gasteiger partial charge in [0.2, 0.25) is 0 Å². The van der Waals surface area contributed by atoms with Crippen LogP contribution in [0, 0.1) is 5.82 Å². The fourth-order valence-electron chi connectivity index (χ4n) is 3.60. The van der Waals surface area contributed by atoms with Crippen LogP contribution in [0.25, 0.3) is 10.6 Å². The van der Waals surface area contributed by atoms with Crippen molar-refractivity contribution < 1.29 is 17.6 Å². The molecule has 11 heteroatoms. The lowest BCUT2D eigenvalue weighted by atomic mass is 10.2. The quantitative estimate of drug-likeness (QED) is 0.695. The van der Waals surface area contributed by atoms with E-state index in [1.165, 1.54) is 26.0 Å². The van der Waals surface area contributed by atoms with Crippen molar-refractivity contribution in [2.24, 2.45) is 0 Å². The van der Waals surface area contributed by atoms with Gasteiger partial charge in [-0.25, -0.2) is 9.37 Å². The first-order valence-corrected chi connectivity index (χ1v) is 12.1. The monoisotopic (exact) mass is 453 g/mol. The average molecular weight is 454 g/mol. The Balaban J connectivity index is 1.39. The first-order chi connectivity index (χ1) is 14.4. The second-order valence-electron chi connectivity index (χ2n) is 7.42. The molecule has 1 aromatic carbocycles. The zero-order valence-corrected chi connectivity index (χ0v) is 18.3. The van der Waals surface area contributed by atoms with Gasteiger partial charge in [-0.15, -0.1) is 11.3 Å². The molecule has 1 aromatic heterocycles. The molecular formula is C19H24FN5O3S2. The number of rotatable bonds is 4. The van der Waals surface area contributed by atoms with E-state index >= 15 is 0 Å². The van der Waals surface area contributed by atoms with Gasteiger partial charge in [-0.2, -0.15) is 17.0 Å². The molecule has 2 saturated heterocycles. The molecule has 2 aliphatic rings. The molecule has 0 saturated carbocycles. The third-order valence-corrected chi connectivity index (χ3v) is 8.38. The second kappa shape index (κ2) is 8.67. The maximum Gasteiger partial charge on any atom is 0.282 e. The Labute approximate surface area is 179 Å². The van der Waals surface area contributed by atoms with Gasteiger partial charge in [-0.05, 0) is 19.2 Å². The van der Waals surface area contributed by atoms with Crippen LogP contribution in [0.15, 0.2) is 29.6 Å². The van der Waals surface area contributed by atoms with Gasteiger partial charge in [0, 0.05) is 63.3 Å². The topological polar surface area (TPSA) is 77.1 Å². The summed E-state index contributed by atoms with van der Waals surface area (Å²) in [5, 5.41) is 2.07. The molecule has 162 valence electrons. The third-order valence-electron chi connectivity index (χ3n) is 5.47. The number of thiazole rings is 1. The minimum Gasteiger partial charge on any atom is -0.335 e. The maximum absolute atomic E-state index is 14.0. The Morgan fingerprint density at radius 1 is 1.00 bits per heavy atom. The smallest absolute Gasteiger partial charge is 0.282 e. The van der Waals surface area contributed by atoms with Gasteiger partial charge in [0.15, 0.2) is 0 Å². The first kappa shape index (κ1) is 21.3. The first-order valence-electron chi connectivity index (χ1n) is 9.80. The number of aromatic nitrogens is 1. The van der Waals surface area contributed by atoms with Crippen LogP contribution in [-0.4, -0.2) is 97.1 Å². The zero-order chi connectivity index (χ0) is 21.3. The molecule has 4 rings (SSSR count). The fraction of sp³-hybridized carbons (Fsp3) is 0.474. The van der Waals surface area contributed by atoms with Gasteiger partial charge in [0.1, 0.15) is 16.5 Å². The molecular weight excluding hydrogens is 429 g/mol. The van der Waals surface area contributed by atoms with Crippen LogP contribution in [0.2, 0.25) is 0 Å². The van der Waals surface area contributed by atoms with E-state index in [1.54, 1.807) is 28.5 Å². The summed E-state index contributed by atoms with van der Waals surface area (Å²) in [7, 11) is -1.54. The number of piperazine rings is 2. The number of carbonyl (C=O) groups is 1. The van der Waals surface area contributed by atoms with Crippen molar-refractivity contribution in [3.63, 3.8) is 0 Å². The summed E-state index contributed by atoms with van der Waals surface area (Å²) in [6, 6.07) is 6.32. The van der Waals surface area contributed by atoms with Crippen LogP contribution in [-0.2, 0) is 10.2 Å². The van der Waals surface area contributed by atoms with E-state index < -0.39 is 10.2 Å². The summed E-state index contributed by atoms with van der Waals surface area (Å²) < 4.78 is 42.7. The largest absolute Gasteiger partial charge is 0.335 e. The molecule has 0 aliphatic carbocycles. The van der Waals surface area contributed by atoms with Crippen LogP contribution in [0.5, 0.6) is 0 Å². The van der Waals surface area contributed by atoms with E-state index in [0.29, 0.717) is 49.8 Å². The zero-order valence-electron chi connectivity index (χ0n) is 16.7. The molecule has 0 unspecified atom stereocenters. The number of benzene rings is 1. The van der Waals surface area contributed by atoms with Crippen LogP contribution >= 0.6 is 11.3 Å². The Kier molecular flexibility index (Phi) is 6.16. The Morgan fingerprint density at radius 3 is 2.23 bits per heavy atom. The van der Waals surface area contributed by atoms with Crippen LogP contribution in [0.4, 0.5) is 4.39 Å². The van der Waals surface area contributed by atoms with E-state index in [-0.39, 0.29) is 30.5 Å². The summed E-state index contributed by atoms with van der Waals surface area (Å²) in [6.07, 6.45) is 0. The van der Waals surface area contributed by atoms with Gasteiger partial charge in [-0.3, -0.25) is 4.79 Å². The molecule has 0 N–H and O–H groups in total. The van der Waals surface area contributed by atoms with Crippen molar-refractivity contribution in [3.05, 3.63) is 41.2 Å². The Hall–Kier alpha value is -1.92. The molecule has 0 radical (unpaired) electrons. The van der Waals surface area contributed by atoms with Crippen molar-refractivity contribution in [2.75, 3.05) is 59.4 Å². The van der Waals surface area contributed by atoms with Crippen molar-refractivity contribution in [1.82, 2.24) is 23.4 Å². The van der Waals surface area contributed by atoms with Gasteiger partial charge in [-0.1, -0.05) is 12.1 Å².